The summed E-state index contributed by atoms with van der Waals surface area (Å²) in [5.41, 5.74) is 1.59. The van der Waals surface area contributed by atoms with Crippen LogP contribution >= 0.6 is 0 Å². The van der Waals surface area contributed by atoms with Crippen molar-refractivity contribution < 1.29 is 22.3 Å². The predicted octanol–water partition coefficient (Wildman–Crippen LogP) is 2.73. The van der Waals surface area contributed by atoms with Crippen molar-refractivity contribution in [1.82, 2.24) is 9.21 Å². The summed E-state index contributed by atoms with van der Waals surface area (Å²) in [6.45, 7) is 1.26. The molecule has 1 fully saturated rings. The van der Waals surface area contributed by atoms with Gasteiger partial charge in [0.2, 0.25) is 10.0 Å². The number of amidine groups is 2. The first-order chi connectivity index (χ1) is 16.4. The van der Waals surface area contributed by atoms with Crippen LogP contribution in [-0.2, 0) is 21.3 Å². The number of hydrogen-bond acceptors (Lipinski definition) is 5. The van der Waals surface area contributed by atoms with E-state index in [2.05, 4.69) is 9.98 Å². The minimum Gasteiger partial charge on any atom is -0.379 e. The zero-order chi connectivity index (χ0) is 23.7. The van der Waals surface area contributed by atoms with Crippen molar-refractivity contribution in [2.75, 3.05) is 26.3 Å². The Balaban J connectivity index is 1.54. The Morgan fingerprint density at radius 1 is 1.09 bits per heavy atom. The highest BCUT2D eigenvalue weighted by molar-refractivity contribution is 7.89. The highest BCUT2D eigenvalue weighted by atomic mass is 32.2. The predicted molar refractivity (Wildman–Crippen MR) is 125 cm³/mol. The lowest BCUT2D eigenvalue weighted by Crippen LogP contribution is -2.41. The molecule has 0 aromatic heterocycles. The fourth-order valence-electron chi connectivity index (χ4n) is 3.94. The van der Waals surface area contributed by atoms with Crippen LogP contribution in [0, 0.1) is 5.82 Å². The second-order valence-corrected chi connectivity index (χ2v) is 9.76. The first kappa shape index (κ1) is 22.3. The molecule has 2 aromatic carbocycles. The monoisotopic (exact) mass is 480 g/mol. The van der Waals surface area contributed by atoms with Crippen molar-refractivity contribution in [3.8, 4) is 0 Å². The van der Waals surface area contributed by atoms with E-state index in [0.717, 1.165) is 22.0 Å². The van der Waals surface area contributed by atoms with Gasteiger partial charge in [-0.1, -0.05) is 30.3 Å². The molecular weight excluding hydrogens is 459 g/mol. The molecule has 0 atom stereocenters. The molecule has 0 aliphatic carbocycles. The van der Waals surface area contributed by atoms with Gasteiger partial charge in [-0.2, -0.15) is 9.30 Å². The van der Waals surface area contributed by atoms with Gasteiger partial charge in [-0.15, -0.1) is 0 Å². The molecule has 0 radical (unpaired) electrons. The van der Waals surface area contributed by atoms with Gasteiger partial charge in [0.25, 0.3) is 5.91 Å². The average molecular weight is 481 g/mol. The number of hydrogen-bond donors (Lipinski definition) is 0. The molecule has 0 bridgehead atoms. The molecule has 1 amide bonds. The molecule has 34 heavy (non-hydrogen) atoms. The van der Waals surface area contributed by atoms with Gasteiger partial charge in [0.05, 0.1) is 13.2 Å². The summed E-state index contributed by atoms with van der Waals surface area (Å²) < 4.78 is 46.9. The number of morpholine rings is 1. The molecule has 0 N–H and O–H groups in total. The maximum Gasteiger partial charge on any atom is 0.279 e. The number of fused-ring (bicyclic) bond motifs is 2. The minimum absolute atomic E-state index is 0.0430. The lowest BCUT2D eigenvalue weighted by atomic mass is 10.1. The van der Waals surface area contributed by atoms with E-state index < -0.39 is 26.6 Å². The SMILES string of the molecule is O=C(N=C1N=C2C=CC=CN2Cc2ccccc21)c1ccc(F)c(S(=O)(=O)N2CCOCC2)c1. The van der Waals surface area contributed by atoms with Crippen LogP contribution in [0.15, 0.2) is 81.8 Å². The van der Waals surface area contributed by atoms with Crippen LogP contribution in [0.2, 0.25) is 0 Å². The van der Waals surface area contributed by atoms with E-state index >= 15 is 0 Å². The number of halogens is 1. The van der Waals surface area contributed by atoms with Gasteiger partial charge in [0.1, 0.15) is 16.5 Å². The lowest BCUT2D eigenvalue weighted by Gasteiger charge is -2.26. The van der Waals surface area contributed by atoms with Crippen molar-refractivity contribution in [1.29, 1.82) is 0 Å². The number of ether oxygens (including phenoxy) is 1. The van der Waals surface area contributed by atoms with Crippen LogP contribution in [0.1, 0.15) is 21.5 Å². The second-order valence-electron chi connectivity index (χ2n) is 7.86. The number of nitrogens with zero attached hydrogens (tertiary/aromatic N) is 4. The molecule has 2 aromatic rings. The number of rotatable bonds is 3. The van der Waals surface area contributed by atoms with E-state index in [1.54, 1.807) is 0 Å². The number of aliphatic imine (C=N–C) groups is 2. The zero-order valence-corrected chi connectivity index (χ0v) is 18.9. The highest BCUT2D eigenvalue weighted by Crippen LogP contribution is 2.24. The Kier molecular flexibility index (Phi) is 5.94. The van der Waals surface area contributed by atoms with E-state index in [-0.39, 0.29) is 37.7 Å². The van der Waals surface area contributed by atoms with Crippen LogP contribution < -0.4 is 0 Å². The van der Waals surface area contributed by atoms with Crippen LogP contribution in [0.4, 0.5) is 4.39 Å². The normalized spacial score (nSPS) is 19.4. The Morgan fingerprint density at radius 3 is 2.71 bits per heavy atom. The maximum absolute atomic E-state index is 14.6. The summed E-state index contributed by atoms with van der Waals surface area (Å²) in [7, 11) is -4.13. The fraction of sp³-hybridized carbons (Fsp3) is 0.208. The molecule has 0 unspecified atom stereocenters. The van der Waals surface area contributed by atoms with Gasteiger partial charge >= 0.3 is 0 Å². The number of carbonyl (C=O) groups is 1. The lowest BCUT2D eigenvalue weighted by molar-refractivity contribution is 0.0729. The first-order valence-electron chi connectivity index (χ1n) is 10.7. The number of benzene rings is 2. The number of allylic oxidation sites excluding steroid dienone is 2. The largest absolute Gasteiger partial charge is 0.379 e. The summed E-state index contributed by atoms with van der Waals surface area (Å²) >= 11 is 0. The third kappa shape index (κ3) is 4.23. The third-order valence-electron chi connectivity index (χ3n) is 5.71. The molecule has 0 spiro atoms. The van der Waals surface area contributed by atoms with Crippen molar-refractivity contribution in [2.45, 2.75) is 11.4 Å². The summed E-state index contributed by atoms with van der Waals surface area (Å²) in [6, 6.07) is 10.7. The number of amides is 1. The van der Waals surface area contributed by atoms with Gasteiger partial charge in [0.15, 0.2) is 5.84 Å². The molecule has 3 aliphatic heterocycles. The molecular formula is C24H21FN4O4S. The summed E-state index contributed by atoms with van der Waals surface area (Å²) in [6.07, 6.45) is 7.44. The molecule has 1 saturated heterocycles. The van der Waals surface area contributed by atoms with E-state index in [9.17, 15) is 17.6 Å². The fourth-order valence-corrected chi connectivity index (χ4v) is 5.44. The first-order valence-corrected chi connectivity index (χ1v) is 12.2. The Hall–Kier alpha value is -3.47. The Bertz CT molecular complexity index is 1380. The average Bonchev–Trinajstić information content (AvgIpc) is 3.01. The molecule has 3 aliphatic rings. The zero-order valence-electron chi connectivity index (χ0n) is 18.1. The molecule has 8 nitrogen and oxygen atoms in total. The quantitative estimate of drug-likeness (QED) is 0.674. The van der Waals surface area contributed by atoms with Gasteiger partial charge in [-0.3, -0.25) is 4.79 Å². The van der Waals surface area contributed by atoms with Gasteiger partial charge in [0, 0.05) is 37.0 Å². The second kappa shape index (κ2) is 9.05. The van der Waals surface area contributed by atoms with E-state index in [4.69, 9.17) is 4.74 Å². The third-order valence-corrected chi connectivity index (χ3v) is 7.62. The van der Waals surface area contributed by atoms with Gasteiger partial charge < -0.3 is 9.64 Å². The van der Waals surface area contributed by atoms with Crippen molar-refractivity contribution in [2.24, 2.45) is 9.98 Å². The van der Waals surface area contributed by atoms with Gasteiger partial charge in [-0.05, 0) is 35.9 Å². The summed E-state index contributed by atoms with van der Waals surface area (Å²) in [4.78, 5) is 23.3. The molecule has 0 saturated carbocycles. The van der Waals surface area contributed by atoms with Crippen molar-refractivity contribution >= 4 is 27.6 Å². The minimum atomic E-state index is -4.13. The molecule has 174 valence electrons. The molecule has 5 rings (SSSR count). The highest BCUT2D eigenvalue weighted by Gasteiger charge is 2.30. The summed E-state index contributed by atoms with van der Waals surface area (Å²) in [5.74, 6) is -0.804. The Labute approximate surface area is 196 Å². The molecule has 3 heterocycles. The Morgan fingerprint density at radius 2 is 1.88 bits per heavy atom. The van der Waals surface area contributed by atoms with Crippen LogP contribution in [0.3, 0.4) is 0 Å². The van der Waals surface area contributed by atoms with Gasteiger partial charge in [-0.25, -0.2) is 17.8 Å². The van der Waals surface area contributed by atoms with E-state index in [0.29, 0.717) is 17.9 Å². The number of sulfonamides is 1. The standard InChI is InChI=1S/C24H21FN4O4S/c25-20-9-8-17(15-21(20)34(31,32)29-11-13-33-14-12-29)24(30)27-23-19-6-2-1-5-18(19)16-28-10-4-3-7-22(28)26-23/h1-10,15H,11-14,16H2. The van der Waals surface area contributed by atoms with Crippen LogP contribution in [0.25, 0.3) is 0 Å². The smallest absolute Gasteiger partial charge is 0.279 e. The van der Waals surface area contributed by atoms with Crippen LogP contribution in [0.5, 0.6) is 0 Å². The van der Waals surface area contributed by atoms with E-state index in [1.165, 1.54) is 6.07 Å². The number of carbonyl (C=O) groups excluding carboxylic acids is 1. The molecule has 10 heteroatoms. The topological polar surface area (TPSA) is 91.6 Å². The van der Waals surface area contributed by atoms with Crippen LogP contribution in [-0.4, -0.2) is 61.5 Å². The summed E-state index contributed by atoms with van der Waals surface area (Å²) in [5, 5.41) is 0. The maximum atomic E-state index is 14.6. The van der Waals surface area contributed by atoms with Crippen molar-refractivity contribution in [3.63, 3.8) is 0 Å². The van der Waals surface area contributed by atoms with E-state index in [1.807, 2.05) is 53.6 Å². The van der Waals surface area contributed by atoms with Crippen molar-refractivity contribution in [3.05, 3.63) is 89.4 Å².